The van der Waals surface area contributed by atoms with Crippen LogP contribution in [0.3, 0.4) is 0 Å². The third kappa shape index (κ3) is 4.41. The van der Waals surface area contributed by atoms with Gasteiger partial charge in [-0.05, 0) is 37.9 Å². The second kappa shape index (κ2) is 8.39. The van der Waals surface area contributed by atoms with Gasteiger partial charge in [0.25, 0.3) is 0 Å². The minimum absolute atomic E-state index is 0.188. The maximum Gasteiger partial charge on any atom is 0.226 e. The third-order valence-electron chi connectivity index (χ3n) is 6.03. The van der Waals surface area contributed by atoms with E-state index in [9.17, 15) is 4.79 Å². The van der Waals surface area contributed by atoms with Crippen LogP contribution in [0.2, 0.25) is 0 Å². The van der Waals surface area contributed by atoms with Gasteiger partial charge in [0, 0.05) is 56.2 Å². The van der Waals surface area contributed by atoms with Crippen molar-refractivity contribution in [3.05, 3.63) is 41.8 Å². The van der Waals surface area contributed by atoms with E-state index in [1.54, 1.807) is 0 Å². The number of piperidine rings is 2. The van der Waals surface area contributed by atoms with E-state index in [-0.39, 0.29) is 11.3 Å². The zero-order chi connectivity index (χ0) is 19.4. The van der Waals surface area contributed by atoms with Crippen molar-refractivity contribution in [2.45, 2.75) is 52.0 Å². The van der Waals surface area contributed by atoms with Gasteiger partial charge in [0.2, 0.25) is 11.8 Å². The molecule has 2 aromatic heterocycles. The first kappa shape index (κ1) is 19.1. The maximum absolute atomic E-state index is 12.5. The predicted octanol–water partition coefficient (Wildman–Crippen LogP) is 2.47. The van der Waals surface area contributed by atoms with Crippen LogP contribution in [0.1, 0.15) is 50.0 Å². The lowest BCUT2D eigenvalue weighted by Crippen LogP contribution is -2.54. The summed E-state index contributed by atoms with van der Waals surface area (Å²) in [5.74, 6) is 1.75. The van der Waals surface area contributed by atoms with Crippen LogP contribution in [0.25, 0.3) is 0 Å². The molecular weight excluding hydrogens is 354 g/mol. The molecule has 4 rings (SSSR count). The number of pyridine rings is 1. The average molecular weight is 383 g/mol. The van der Waals surface area contributed by atoms with Crippen molar-refractivity contribution in [1.29, 1.82) is 0 Å². The van der Waals surface area contributed by atoms with Gasteiger partial charge in [-0.3, -0.25) is 14.7 Å². The lowest BCUT2D eigenvalue weighted by molar-refractivity contribution is -0.139. The number of hydrogen-bond acceptors (Lipinski definition) is 6. The largest absolute Gasteiger partial charge is 0.342 e. The standard InChI is InChI=1S/C21H29N5O2/c1-2-19-23-18(24-28-19)14-25-12-5-9-21(15-25)10-7-20(27)26(16-21)13-8-17-6-3-4-11-22-17/h3-4,6,11H,2,5,7-10,12-16H2,1H3/t21-/m0/s1. The highest BCUT2D eigenvalue weighted by molar-refractivity contribution is 5.77. The summed E-state index contributed by atoms with van der Waals surface area (Å²) in [6, 6.07) is 5.96. The highest BCUT2D eigenvalue weighted by Crippen LogP contribution is 2.39. The van der Waals surface area contributed by atoms with Crippen LogP contribution < -0.4 is 0 Å². The number of nitrogens with zero attached hydrogens (tertiary/aromatic N) is 5. The van der Waals surface area contributed by atoms with Crippen molar-refractivity contribution in [1.82, 2.24) is 24.9 Å². The fourth-order valence-electron chi connectivity index (χ4n) is 4.58. The van der Waals surface area contributed by atoms with Gasteiger partial charge < -0.3 is 9.42 Å². The van der Waals surface area contributed by atoms with Gasteiger partial charge in [-0.2, -0.15) is 4.98 Å². The van der Waals surface area contributed by atoms with Crippen molar-refractivity contribution in [3.63, 3.8) is 0 Å². The fourth-order valence-corrected chi connectivity index (χ4v) is 4.58. The Labute approximate surface area is 166 Å². The Morgan fingerprint density at radius 2 is 2.18 bits per heavy atom. The van der Waals surface area contributed by atoms with E-state index in [2.05, 4.69) is 24.9 Å². The quantitative estimate of drug-likeness (QED) is 0.763. The molecule has 0 aromatic carbocycles. The second-order valence-corrected chi connectivity index (χ2v) is 8.16. The van der Waals surface area contributed by atoms with Crippen LogP contribution >= 0.6 is 0 Å². The molecule has 0 aliphatic carbocycles. The zero-order valence-electron chi connectivity index (χ0n) is 16.6. The molecule has 7 heteroatoms. The van der Waals surface area contributed by atoms with E-state index in [0.29, 0.717) is 12.3 Å². The number of aryl methyl sites for hydroxylation is 1. The zero-order valence-corrected chi connectivity index (χ0v) is 16.6. The first-order valence-corrected chi connectivity index (χ1v) is 10.4. The molecule has 0 bridgehead atoms. The molecule has 1 spiro atoms. The Balaban J connectivity index is 1.37. The SMILES string of the molecule is CCc1nc(CN2CCC[C@]3(CCC(=O)N(CCc4ccccn4)C3)C2)no1. The summed E-state index contributed by atoms with van der Waals surface area (Å²) in [6.45, 7) is 6.40. The number of aromatic nitrogens is 3. The van der Waals surface area contributed by atoms with Gasteiger partial charge >= 0.3 is 0 Å². The Bertz CT molecular complexity index is 793. The van der Waals surface area contributed by atoms with Crippen molar-refractivity contribution in [2.24, 2.45) is 5.41 Å². The Kier molecular flexibility index (Phi) is 5.71. The van der Waals surface area contributed by atoms with Crippen molar-refractivity contribution >= 4 is 5.91 Å². The van der Waals surface area contributed by atoms with Crippen LogP contribution in [0.4, 0.5) is 0 Å². The van der Waals surface area contributed by atoms with Crippen molar-refractivity contribution in [2.75, 3.05) is 26.2 Å². The number of hydrogen-bond donors (Lipinski definition) is 0. The molecule has 0 saturated carbocycles. The summed E-state index contributed by atoms with van der Waals surface area (Å²) in [6.07, 6.45) is 7.37. The molecule has 1 atom stereocenters. The molecular formula is C21H29N5O2. The van der Waals surface area contributed by atoms with Gasteiger partial charge in [-0.25, -0.2) is 0 Å². The van der Waals surface area contributed by atoms with Crippen LogP contribution in [-0.4, -0.2) is 57.0 Å². The maximum atomic E-state index is 12.5. The fraction of sp³-hybridized carbons (Fsp3) is 0.619. The molecule has 2 aromatic rings. The first-order chi connectivity index (χ1) is 13.7. The molecule has 7 nitrogen and oxygen atoms in total. The molecule has 2 fully saturated rings. The molecule has 28 heavy (non-hydrogen) atoms. The summed E-state index contributed by atoms with van der Waals surface area (Å²) in [4.78, 5) is 25.8. The van der Waals surface area contributed by atoms with E-state index >= 15 is 0 Å². The minimum atomic E-state index is 0.188. The minimum Gasteiger partial charge on any atom is -0.342 e. The number of carbonyl (C=O) groups excluding carboxylic acids is 1. The topological polar surface area (TPSA) is 75.4 Å². The molecule has 2 aliphatic heterocycles. The van der Waals surface area contributed by atoms with Crippen LogP contribution in [-0.2, 0) is 24.2 Å². The van der Waals surface area contributed by atoms with Gasteiger partial charge in [0.15, 0.2) is 5.82 Å². The van der Waals surface area contributed by atoms with E-state index in [1.165, 1.54) is 6.42 Å². The van der Waals surface area contributed by atoms with Gasteiger partial charge in [-0.1, -0.05) is 18.1 Å². The molecule has 150 valence electrons. The van der Waals surface area contributed by atoms with Gasteiger partial charge in [0.1, 0.15) is 0 Å². The number of amides is 1. The normalized spacial score (nSPS) is 23.5. The summed E-state index contributed by atoms with van der Waals surface area (Å²) < 4.78 is 5.25. The smallest absolute Gasteiger partial charge is 0.226 e. The van der Waals surface area contributed by atoms with Gasteiger partial charge in [0.05, 0.1) is 6.54 Å². The number of carbonyl (C=O) groups is 1. The molecule has 0 radical (unpaired) electrons. The Morgan fingerprint density at radius 3 is 2.96 bits per heavy atom. The summed E-state index contributed by atoms with van der Waals surface area (Å²) in [5.41, 5.74) is 1.23. The molecule has 0 N–H and O–H groups in total. The van der Waals surface area contributed by atoms with E-state index in [1.807, 2.05) is 31.3 Å². The van der Waals surface area contributed by atoms with E-state index in [4.69, 9.17) is 4.52 Å². The molecule has 0 unspecified atom stereocenters. The van der Waals surface area contributed by atoms with Crippen molar-refractivity contribution in [3.8, 4) is 0 Å². The van der Waals surface area contributed by atoms with Crippen molar-refractivity contribution < 1.29 is 9.32 Å². The molecule has 2 aliphatic rings. The van der Waals surface area contributed by atoms with E-state index < -0.39 is 0 Å². The highest BCUT2D eigenvalue weighted by Gasteiger charge is 2.41. The second-order valence-electron chi connectivity index (χ2n) is 8.16. The monoisotopic (exact) mass is 383 g/mol. The van der Waals surface area contributed by atoms with Crippen LogP contribution in [0.15, 0.2) is 28.9 Å². The summed E-state index contributed by atoms with van der Waals surface area (Å²) >= 11 is 0. The van der Waals surface area contributed by atoms with Crippen LogP contribution in [0, 0.1) is 5.41 Å². The third-order valence-corrected chi connectivity index (χ3v) is 6.03. The lowest BCUT2D eigenvalue weighted by Gasteiger charge is -2.48. The molecule has 2 saturated heterocycles. The number of likely N-dealkylation sites (tertiary alicyclic amines) is 2. The highest BCUT2D eigenvalue weighted by atomic mass is 16.5. The first-order valence-electron chi connectivity index (χ1n) is 10.4. The Morgan fingerprint density at radius 1 is 1.25 bits per heavy atom. The lowest BCUT2D eigenvalue weighted by atomic mass is 9.73. The summed E-state index contributed by atoms with van der Waals surface area (Å²) in [5, 5.41) is 4.11. The summed E-state index contributed by atoms with van der Waals surface area (Å²) in [7, 11) is 0. The Hall–Kier alpha value is -2.28. The van der Waals surface area contributed by atoms with E-state index in [0.717, 1.165) is 69.9 Å². The molecule has 1 amide bonds. The van der Waals surface area contributed by atoms with Crippen LogP contribution in [0.5, 0.6) is 0 Å². The van der Waals surface area contributed by atoms with Gasteiger partial charge in [-0.15, -0.1) is 0 Å². The average Bonchev–Trinajstić information content (AvgIpc) is 3.17. The number of rotatable bonds is 6. The molecule has 4 heterocycles. The predicted molar refractivity (Wildman–Crippen MR) is 104 cm³/mol.